The second kappa shape index (κ2) is 67.6. The van der Waals surface area contributed by atoms with Gasteiger partial charge in [0, 0.05) is 19.3 Å². The van der Waals surface area contributed by atoms with Gasteiger partial charge in [-0.3, -0.25) is 14.4 Å². The Morgan fingerprint density at radius 2 is 0.494 bits per heavy atom. The molecule has 0 saturated heterocycles. The van der Waals surface area contributed by atoms with Crippen LogP contribution in [0, 0.1) is 0 Å². The zero-order valence-electron chi connectivity index (χ0n) is 52.9. The molecule has 0 bridgehead atoms. The van der Waals surface area contributed by atoms with Crippen LogP contribution in [0.1, 0.15) is 367 Å². The van der Waals surface area contributed by atoms with E-state index in [4.69, 9.17) is 14.2 Å². The first-order valence-corrected chi connectivity index (χ1v) is 34.8. The highest BCUT2D eigenvalue weighted by Gasteiger charge is 2.19. The molecule has 0 saturated carbocycles. The van der Waals surface area contributed by atoms with E-state index in [1.165, 1.54) is 238 Å². The molecule has 79 heavy (non-hydrogen) atoms. The van der Waals surface area contributed by atoms with E-state index >= 15 is 0 Å². The zero-order valence-corrected chi connectivity index (χ0v) is 52.9. The molecule has 0 aliphatic rings. The van der Waals surface area contributed by atoms with Gasteiger partial charge in [-0.05, 0) is 83.5 Å². The standard InChI is InChI=1S/C73H132O6/c1-4-7-10-13-16-19-22-25-28-30-31-32-33-34-35-36-37-38-39-40-41-43-45-48-51-54-57-60-63-66-72(75)78-69-70(68-77-71(74)65-62-59-56-53-50-47-44-27-24-21-18-15-12-9-6-3)79-73(76)67-64-61-58-55-52-49-46-42-29-26-23-20-17-14-11-8-5-2/h8,11,17,20,22,25-26,29-31,70H,4-7,9-10,12-16,18-19,21,23-24,27-28,32-69H2,1-3H3/b11-8-,20-17-,25-22-,29-26-,31-30-. The van der Waals surface area contributed by atoms with Gasteiger partial charge >= 0.3 is 17.9 Å². The number of allylic oxidation sites excluding steroid dienone is 10. The number of esters is 3. The fourth-order valence-electron chi connectivity index (χ4n) is 10.3. The van der Waals surface area contributed by atoms with Gasteiger partial charge in [-0.15, -0.1) is 0 Å². The molecule has 0 aliphatic heterocycles. The first-order valence-electron chi connectivity index (χ1n) is 34.8. The number of unbranched alkanes of at least 4 members (excludes halogenated alkanes) is 43. The molecule has 6 heteroatoms. The lowest BCUT2D eigenvalue weighted by Gasteiger charge is -2.18. The zero-order chi connectivity index (χ0) is 57.1. The van der Waals surface area contributed by atoms with Gasteiger partial charge in [0.2, 0.25) is 0 Å². The number of hydrogen-bond donors (Lipinski definition) is 0. The molecule has 460 valence electrons. The average molecular weight is 1110 g/mol. The van der Waals surface area contributed by atoms with E-state index in [0.29, 0.717) is 19.3 Å². The minimum Gasteiger partial charge on any atom is -0.462 e. The predicted molar refractivity (Wildman–Crippen MR) is 344 cm³/mol. The lowest BCUT2D eigenvalue weighted by molar-refractivity contribution is -0.167. The first-order chi connectivity index (χ1) is 39.0. The summed E-state index contributed by atoms with van der Waals surface area (Å²) in [4.78, 5) is 38.4. The maximum absolute atomic E-state index is 12.9. The maximum atomic E-state index is 12.9. The van der Waals surface area contributed by atoms with Crippen molar-refractivity contribution in [2.24, 2.45) is 0 Å². The van der Waals surface area contributed by atoms with Crippen molar-refractivity contribution in [1.82, 2.24) is 0 Å². The summed E-state index contributed by atoms with van der Waals surface area (Å²) in [5, 5.41) is 0. The van der Waals surface area contributed by atoms with Gasteiger partial charge in [-0.2, -0.15) is 0 Å². The van der Waals surface area contributed by atoms with Crippen molar-refractivity contribution in [3.63, 3.8) is 0 Å². The monoisotopic (exact) mass is 1110 g/mol. The second-order valence-electron chi connectivity index (χ2n) is 23.4. The molecule has 0 rings (SSSR count). The van der Waals surface area contributed by atoms with Gasteiger partial charge in [-0.25, -0.2) is 0 Å². The SMILES string of the molecule is CC/C=C\C/C=C\C/C=C\CCCCCCCCCC(=O)OC(COC(=O)CCCCCCCCCCCCCCCCC)COC(=O)CCCCCCCCCCCCCCCCCCC/C=C\C/C=C\CCCCCCC. The van der Waals surface area contributed by atoms with E-state index in [0.717, 1.165) is 89.9 Å². The molecule has 0 spiro atoms. The Morgan fingerprint density at radius 1 is 0.266 bits per heavy atom. The summed E-state index contributed by atoms with van der Waals surface area (Å²) >= 11 is 0. The largest absolute Gasteiger partial charge is 0.462 e. The van der Waals surface area contributed by atoms with Crippen molar-refractivity contribution < 1.29 is 28.6 Å². The quantitative estimate of drug-likeness (QED) is 0.0261. The number of rotatable bonds is 64. The number of hydrogen-bond acceptors (Lipinski definition) is 6. The fourth-order valence-corrected chi connectivity index (χ4v) is 10.3. The van der Waals surface area contributed by atoms with Crippen LogP contribution in [-0.2, 0) is 28.6 Å². The van der Waals surface area contributed by atoms with Crippen LogP contribution in [0.3, 0.4) is 0 Å². The molecule has 0 aromatic rings. The van der Waals surface area contributed by atoms with E-state index in [9.17, 15) is 14.4 Å². The lowest BCUT2D eigenvalue weighted by atomic mass is 10.0. The van der Waals surface area contributed by atoms with Gasteiger partial charge in [0.25, 0.3) is 0 Å². The van der Waals surface area contributed by atoms with Gasteiger partial charge in [-0.1, -0.05) is 326 Å². The van der Waals surface area contributed by atoms with Gasteiger partial charge in [0.1, 0.15) is 13.2 Å². The van der Waals surface area contributed by atoms with Crippen molar-refractivity contribution in [2.45, 2.75) is 374 Å². The van der Waals surface area contributed by atoms with Crippen molar-refractivity contribution in [3.05, 3.63) is 60.8 Å². The summed E-state index contributed by atoms with van der Waals surface area (Å²) in [6.45, 7) is 6.57. The highest BCUT2D eigenvalue weighted by Crippen LogP contribution is 2.18. The first kappa shape index (κ1) is 76.1. The van der Waals surface area contributed by atoms with E-state index in [-0.39, 0.29) is 31.1 Å². The molecular weight excluding hydrogens is 973 g/mol. The fraction of sp³-hybridized carbons (Fsp3) is 0.822. The summed E-state index contributed by atoms with van der Waals surface area (Å²) in [6.07, 6.45) is 86.8. The number of ether oxygens (including phenoxy) is 3. The highest BCUT2D eigenvalue weighted by atomic mass is 16.6. The van der Waals surface area contributed by atoms with Gasteiger partial charge < -0.3 is 14.2 Å². The Labute approximate surface area is 491 Å². The van der Waals surface area contributed by atoms with Crippen molar-refractivity contribution in [3.8, 4) is 0 Å². The Bertz CT molecular complexity index is 1410. The van der Waals surface area contributed by atoms with Crippen LogP contribution in [0.4, 0.5) is 0 Å². The van der Waals surface area contributed by atoms with E-state index in [1.807, 2.05) is 0 Å². The molecule has 0 heterocycles. The average Bonchev–Trinajstić information content (AvgIpc) is 3.45. The van der Waals surface area contributed by atoms with Crippen LogP contribution < -0.4 is 0 Å². The molecule has 0 aromatic heterocycles. The maximum Gasteiger partial charge on any atom is 0.306 e. The van der Waals surface area contributed by atoms with E-state index < -0.39 is 6.10 Å². The van der Waals surface area contributed by atoms with Crippen LogP contribution in [0.15, 0.2) is 60.8 Å². The van der Waals surface area contributed by atoms with Crippen LogP contribution in [0.5, 0.6) is 0 Å². The Kier molecular flexibility index (Phi) is 65.1. The molecule has 0 aromatic carbocycles. The topological polar surface area (TPSA) is 78.9 Å². The summed E-state index contributed by atoms with van der Waals surface area (Å²) < 4.78 is 17.0. The van der Waals surface area contributed by atoms with Gasteiger partial charge in [0.05, 0.1) is 0 Å². The normalized spacial score (nSPS) is 12.4. The Morgan fingerprint density at radius 3 is 0.772 bits per heavy atom. The third-order valence-electron chi connectivity index (χ3n) is 15.5. The summed E-state index contributed by atoms with van der Waals surface area (Å²) in [7, 11) is 0. The minimum absolute atomic E-state index is 0.0735. The predicted octanol–water partition coefficient (Wildman–Crippen LogP) is 23.9. The van der Waals surface area contributed by atoms with Crippen LogP contribution in [-0.4, -0.2) is 37.2 Å². The summed E-state index contributed by atoms with van der Waals surface area (Å²) in [6, 6.07) is 0. The number of carbonyl (C=O) groups excluding carboxylic acids is 3. The van der Waals surface area contributed by atoms with E-state index in [1.54, 1.807) is 0 Å². The Balaban J connectivity index is 4.22. The molecule has 6 nitrogen and oxygen atoms in total. The molecule has 0 radical (unpaired) electrons. The van der Waals surface area contributed by atoms with Crippen LogP contribution in [0.25, 0.3) is 0 Å². The summed E-state index contributed by atoms with van der Waals surface area (Å²) in [5.41, 5.74) is 0. The van der Waals surface area contributed by atoms with Crippen molar-refractivity contribution in [2.75, 3.05) is 13.2 Å². The lowest BCUT2D eigenvalue weighted by Crippen LogP contribution is -2.30. The summed E-state index contributed by atoms with van der Waals surface area (Å²) in [5.74, 6) is -0.860. The van der Waals surface area contributed by atoms with E-state index in [2.05, 4.69) is 81.5 Å². The molecule has 0 amide bonds. The van der Waals surface area contributed by atoms with Crippen molar-refractivity contribution in [1.29, 1.82) is 0 Å². The molecule has 0 N–H and O–H groups in total. The van der Waals surface area contributed by atoms with Crippen LogP contribution in [0.2, 0.25) is 0 Å². The molecule has 0 aliphatic carbocycles. The molecule has 0 fully saturated rings. The second-order valence-corrected chi connectivity index (χ2v) is 23.4. The molecule has 1 unspecified atom stereocenters. The third-order valence-corrected chi connectivity index (χ3v) is 15.5. The van der Waals surface area contributed by atoms with Crippen LogP contribution >= 0.6 is 0 Å². The molecule has 1 atom stereocenters. The third kappa shape index (κ3) is 65.8. The number of carbonyl (C=O) groups is 3. The molecular formula is C73H132O6. The highest BCUT2D eigenvalue weighted by molar-refractivity contribution is 5.71. The van der Waals surface area contributed by atoms with Crippen molar-refractivity contribution >= 4 is 17.9 Å². The Hall–Kier alpha value is -2.89. The smallest absolute Gasteiger partial charge is 0.306 e. The van der Waals surface area contributed by atoms with Gasteiger partial charge in [0.15, 0.2) is 6.10 Å². The minimum atomic E-state index is -0.778.